The van der Waals surface area contributed by atoms with E-state index in [0.717, 1.165) is 11.5 Å². The van der Waals surface area contributed by atoms with E-state index < -0.39 is 5.91 Å². The lowest BCUT2D eigenvalue weighted by molar-refractivity contribution is 0.103. The van der Waals surface area contributed by atoms with E-state index in [2.05, 4.69) is 19.7 Å². The molecule has 0 atom stereocenters. The number of aromatic nitrogens is 3. The molecule has 1 aromatic carbocycles. The van der Waals surface area contributed by atoms with Crippen molar-refractivity contribution in [1.29, 1.82) is 0 Å². The average molecular weight is 337 g/mol. The highest BCUT2D eigenvalue weighted by atomic mass is 35.5. The van der Waals surface area contributed by atoms with Crippen LogP contribution in [0.25, 0.3) is 11.0 Å². The maximum absolute atomic E-state index is 12.4. The zero-order valence-corrected chi connectivity index (χ0v) is 12.8. The summed E-state index contributed by atoms with van der Waals surface area (Å²) >= 11 is 6.83. The van der Waals surface area contributed by atoms with Crippen molar-refractivity contribution in [2.75, 3.05) is 12.4 Å². The maximum atomic E-state index is 12.4. The highest BCUT2D eigenvalue weighted by Gasteiger charge is 2.18. The van der Waals surface area contributed by atoms with E-state index in [-0.39, 0.29) is 21.5 Å². The van der Waals surface area contributed by atoms with Gasteiger partial charge in [-0.15, -0.1) is 0 Å². The number of nitrogens with one attached hydrogen (secondary N) is 2. The number of rotatable bonds is 3. The zero-order valence-electron chi connectivity index (χ0n) is 11.2. The summed E-state index contributed by atoms with van der Waals surface area (Å²) in [7, 11) is 1.49. The second-order valence-corrected chi connectivity index (χ2v) is 5.45. The maximum Gasteiger partial charge on any atom is 0.278 e. The third-order valence-corrected chi connectivity index (χ3v) is 3.96. The Labute approximate surface area is 133 Å². The molecule has 2 aromatic heterocycles. The normalized spacial score (nSPS) is 10.6. The molecule has 22 heavy (non-hydrogen) atoms. The Morgan fingerprint density at radius 2 is 2.23 bits per heavy atom. The molecule has 0 aliphatic heterocycles. The van der Waals surface area contributed by atoms with Crippen LogP contribution in [0.15, 0.2) is 29.3 Å². The third kappa shape index (κ3) is 2.53. The van der Waals surface area contributed by atoms with Crippen molar-refractivity contribution in [2.24, 2.45) is 0 Å². The fraction of sp³-hybridized carbons (Fsp3) is 0.0769. The van der Waals surface area contributed by atoms with E-state index in [0.29, 0.717) is 16.5 Å². The number of fused-ring (bicyclic) bond motifs is 1. The van der Waals surface area contributed by atoms with E-state index >= 15 is 0 Å². The van der Waals surface area contributed by atoms with Gasteiger partial charge in [0, 0.05) is 5.02 Å². The molecule has 9 heteroatoms. The third-order valence-electron chi connectivity index (χ3n) is 2.89. The van der Waals surface area contributed by atoms with Crippen LogP contribution in [-0.4, -0.2) is 27.4 Å². The van der Waals surface area contributed by atoms with Crippen LogP contribution in [-0.2, 0) is 0 Å². The summed E-state index contributed by atoms with van der Waals surface area (Å²) in [5.41, 5.74) is 0.426. The lowest BCUT2D eigenvalue weighted by atomic mass is 10.2. The van der Waals surface area contributed by atoms with Crippen LogP contribution < -0.4 is 15.6 Å². The minimum atomic E-state index is -0.439. The van der Waals surface area contributed by atoms with Crippen LogP contribution in [0.1, 0.15) is 9.67 Å². The molecular formula is C13H9ClN4O3S. The number of anilines is 1. The monoisotopic (exact) mass is 336 g/mol. The lowest BCUT2D eigenvalue weighted by Crippen LogP contribution is -2.13. The van der Waals surface area contributed by atoms with E-state index in [1.54, 1.807) is 18.2 Å². The van der Waals surface area contributed by atoms with Gasteiger partial charge >= 0.3 is 0 Å². The average Bonchev–Trinajstić information content (AvgIpc) is 2.93. The summed E-state index contributed by atoms with van der Waals surface area (Å²) in [6, 6.07) is 4.87. The molecule has 0 spiro atoms. The van der Waals surface area contributed by atoms with Gasteiger partial charge in [0.2, 0.25) is 0 Å². The predicted octanol–water partition coefficient (Wildman–Crippen LogP) is 2.29. The first-order valence-electron chi connectivity index (χ1n) is 6.08. The summed E-state index contributed by atoms with van der Waals surface area (Å²) in [5, 5.41) is 3.14. The number of carbonyl (C=O) groups excluding carboxylic acids is 1. The van der Waals surface area contributed by atoms with Crippen molar-refractivity contribution in [3.05, 3.63) is 44.8 Å². The molecule has 0 saturated carbocycles. The van der Waals surface area contributed by atoms with Gasteiger partial charge in [-0.25, -0.2) is 4.98 Å². The summed E-state index contributed by atoms with van der Waals surface area (Å²) in [6.07, 6.45) is 1.23. The first-order chi connectivity index (χ1) is 10.6. The standard InChI is InChI=1S/C13H9ClN4O3S/c1-21-8-3-2-6(14)4-7(8)17-13(20)11-9-10(18-22-11)12(19)16-5-15-9/h2-5H,1H3,(H,17,20)(H,15,16,19). The Kier molecular flexibility index (Phi) is 3.78. The molecule has 0 unspecified atom stereocenters. The molecule has 0 bridgehead atoms. The van der Waals surface area contributed by atoms with Gasteiger partial charge < -0.3 is 15.0 Å². The number of carbonyl (C=O) groups is 1. The molecule has 112 valence electrons. The fourth-order valence-electron chi connectivity index (χ4n) is 1.88. The Morgan fingerprint density at radius 3 is 3.00 bits per heavy atom. The minimum absolute atomic E-state index is 0.135. The number of benzene rings is 1. The first kappa shape index (κ1) is 14.5. The summed E-state index contributed by atoms with van der Waals surface area (Å²) in [6.45, 7) is 0. The number of halogens is 1. The molecule has 7 nitrogen and oxygen atoms in total. The zero-order chi connectivity index (χ0) is 15.7. The van der Waals surface area contributed by atoms with Crippen LogP contribution in [0.3, 0.4) is 0 Å². The molecule has 2 N–H and O–H groups in total. The number of methoxy groups -OCH3 is 1. The van der Waals surface area contributed by atoms with E-state index in [1.807, 2.05) is 0 Å². The lowest BCUT2D eigenvalue weighted by Gasteiger charge is -2.09. The fourth-order valence-corrected chi connectivity index (χ4v) is 2.78. The van der Waals surface area contributed by atoms with E-state index in [4.69, 9.17) is 16.3 Å². The van der Waals surface area contributed by atoms with Crippen molar-refractivity contribution >= 4 is 45.8 Å². The highest BCUT2D eigenvalue weighted by Crippen LogP contribution is 2.29. The molecule has 0 aliphatic carbocycles. The smallest absolute Gasteiger partial charge is 0.278 e. The SMILES string of the molecule is COc1ccc(Cl)cc1NC(=O)c1snc2c(=O)[nH]cnc12. The topological polar surface area (TPSA) is 97.0 Å². The largest absolute Gasteiger partial charge is 0.495 e. The number of aromatic amines is 1. The number of hydrogen-bond acceptors (Lipinski definition) is 6. The number of nitrogens with zero attached hydrogens (tertiary/aromatic N) is 2. The van der Waals surface area contributed by atoms with Gasteiger partial charge in [0.25, 0.3) is 11.5 Å². The van der Waals surface area contributed by atoms with Gasteiger partial charge in [0.1, 0.15) is 16.1 Å². The molecule has 3 aromatic rings. The second-order valence-electron chi connectivity index (χ2n) is 4.24. The van der Waals surface area contributed by atoms with Gasteiger partial charge in [-0.1, -0.05) is 11.6 Å². The number of amides is 1. The molecule has 3 rings (SSSR count). The molecule has 0 fully saturated rings. The van der Waals surface area contributed by atoms with Gasteiger partial charge in [-0.05, 0) is 29.7 Å². The second kappa shape index (κ2) is 5.74. The number of hydrogen-bond donors (Lipinski definition) is 2. The molecule has 1 amide bonds. The Morgan fingerprint density at radius 1 is 1.41 bits per heavy atom. The summed E-state index contributed by atoms with van der Waals surface area (Å²) in [4.78, 5) is 30.6. The quantitative estimate of drug-likeness (QED) is 0.765. The van der Waals surface area contributed by atoms with Crippen LogP contribution in [0.4, 0.5) is 5.69 Å². The van der Waals surface area contributed by atoms with Crippen molar-refractivity contribution < 1.29 is 9.53 Å². The molecular weight excluding hydrogens is 328 g/mol. The van der Waals surface area contributed by atoms with Crippen LogP contribution in [0, 0.1) is 0 Å². The van der Waals surface area contributed by atoms with Gasteiger partial charge in [-0.3, -0.25) is 9.59 Å². The van der Waals surface area contributed by atoms with Gasteiger partial charge in [0.05, 0.1) is 19.1 Å². The van der Waals surface area contributed by atoms with Crippen molar-refractivity contribution in [3.8, 4) is 5.75 Å². The van der Waals surface area contributed by atoms with Crippen LogP contribution in [0.2, 0.25) is 5.02 Å². The van der Waals surface area contributed by atoms with Crippen LogP contribution in [0.5, 0.6) is 5.75 Å². The highest BCUT2D eigenvalue weighted by molar-refractivity contribution is 7.09. The van der Waals surface area contributed by atoms with Crippen molar-refractivity contribution in [2.45, 2.75) is 0 Å². The van der Waals surface area contributed by atoms with Crippen LogP contribution >= 0.6 is 23.1 Å². The Balaban J connectivity index is 1.99. The summed E-state index contributed by atoms with van der Waals surface area (Å²) < 4.78 is 9.13. The van der Waals surface area contributed by atoms with E-state index in [9.17, 15) is 9.59 Å². The minimum Gasteiger partial charge on any atom is -0.495 e. The van der Waals surface area contributed by atoms with Crippen molar-refractivity contribution in [3.63, 3.8) is 0 Å². The summed E-state index contributed by atoms with van der Waals surface area (Å²) in [5.74, 6) is 0.0311. The number of ether oxygens (including phenoxy) is 1. The molecule has 0 saturated heterocycles. The molecule has 0 radical (unpaired) electrons. The Bertz CT molecular complexity index is 921. The van der Waals surface area contributed by atoms with E-state index in [1.165, 1.54) is 13.4 Å². The predicted molar refractivity (Wildman–Crippen MR) is 84.0 cm³/mol. The Hall–Kier alpha value is -2.45. The van der Waals surface area contributed by atoms with Gasteiger partial charge in [0.15, 0.2) is 5.52 Å². The molecule has 0 aliphatic rings. The number of H-pyrrole nitrogens is 1. The van der Waals surface area contributed by atoms with Gasteiger partial charge in [-0.2, -0.15) is 4.37 Å². The molecule has 2 heterocycles. The van der Waals surface area contributed by atoms with Crippen molar-refractivity contribution in [1.82, 2.24) is 14.3 Å². The first-order valence-corrected chi connectivity index (χ1v) is 7.23.